The van der Waals surface area contributed by atoms with E-state index in [4.69, 9.17) is 0 Å². The first-order valence-corrected chi connectivity index (χ1v) is 7.85. The number of carbonyl (C=O) groups excluding carboxylic acids is 1. The van der Waals surface area contributed by atoms with Gasteiger partial charge in [-0.2, -0.15) is 0 Å². The molecule has 0 atom stereocenters. The Kier molecular flexibility index (Phi) is 4.57. The van der Waals surface area contributed by atoms with Gasteiger partial charge in [0.1, 0.15) is 5.75 Å². The Morgan fingerprint density at radius 2 is 2.13 bits per heavy atom. The normalized spacial score (nSPS) is 13.4. The van der Waals surface area contributed by atoms with E-state index in [0.717, 1.165) is 36.3 Å². The van der Waals surface area contributed by atoms with Gasteiger partial charge in [0.05, 0.1) is 6.42 Å². The minimum absolute atomic E-state index is 0.0263. The molecule has 2 aromatic rings. The average Bonchev–Trinajstić information content (AvgIpc) is 2.56. The van der Waals surface area contributed by atoms with Gasteiger partial charge in [0.15, 0.2) is 0 Å². The zero-order chi connectivity index (χ0) is 16.2. The number of benzene rings is 1. The quantitative estimate of drug-likeness (QED) is 0.802. The van der Waals surface area contributed by atoms with E-state index in [0.29, 0.717) is 13.0 Å². The Labute approximate surface area is 135 Å². The van der Waals surface area contributed by atoms with Crippen LogP contribution in [0.1, 0.15) is 27.9 Å². The van der Waals surface area contributed by atoms with E-state index in [1.54, 1.807) is 24.3 Å². The summed E-state index contributed by atoms with van der Waals surface area (Å²) in [5.74, 6) is 0.182. The van der Waals surface area contributed by atoms with Gasteiger partial charge < -0.3 is 15.7 Å². The standard InChI is InChI=1S/C18H21N3O2/c1-12-17(16-6-7-19-9-14(16)10-20-12)11-21-18(23)8-13-2-4-15(22)5-3-13/h2-5,10,19,22H,6-9,11H2,1H3,(H,21,23). The topological polar surface area (TPSA) is 74.2 Å². The van der Waals surface area contributed by atoms with Gasteiger partial charge in [-0.15, -0.1) is 0 Å². The van der Waals surface area contributed by atoms with Gasteiger partial charge in [-0.3, -0.25) is 9.78 Å². The summed E-state index contributed by atoms with van der Waals surface area (Å²) in [6.45, 7) is 4.31. The van der Waals surface area contributed by atoms with Gasteiger partial charge in [0.25, 0.3) is 0 Å². The van der Waals surface area contributed by atoms with Crippen LogP contribution < -0.4 is 10.6 Å². The molecule has 1 aromatic heterocycles. The molecule has 3 N–H and O–H groups in total. The molecule has 0 radical (unpaired) electrons. The van der Waals surface area contributed by atoms with Crippen LogP contribution in [0.5, 0.6) is 5.75 Å². The number of pyridine rings is 1. The van der Waals surface area contributed by atoms with Gasteiger partial charge >= 0.3 is 0 Å². The van der Waals surface area contributed by atoms with Gasteiger partial charge in [-0.05, 0) is 54.3 Å². The lowest BCUT2D eigenvalue weighted by molar-refractivity contribution is -0.120. The Morgan fingerprint density at radius 1 is 1.35 bits per heavy atom. The van der Waals surface area contributed by atoms with Crippen LogP contribution in [0.2, 0.25) is 0 Å². The average molecular weight is 311 g/mol. The third-order valence-electron chi connectivity index (χ3n) is 4.23. The number of fused-ring (bicyclic) bond motifs is 1. The smallest absolute Gasteiger partial charge is 0.224 e. The fourth-order valence-corrected chi connectivity index (χ4v) is 2.93. The van der Waals surface area contributed by atoms with Crippen molar-refractivity contribution in [3.8, 4) is 5.75 Å². The molecule has 0 unspecified atom stereocenters. The predicted molar refractivity (Wildman–Crippen MR) is 88.0 cm³/mol. The second kappa shape index (κ2) is 6.79. The molecule has 5 nitrogen and oxygen atoms in total. The molecule has 5 heteroatoms. The fraction of sp³-hybridized carbons (Fsp3) is 0.333. The van der Waals surface area contributed by atoms with E-state index >= 15 is 0 Å². The number of phenols is 1. The molecule has 0 bridgehead atoms. The number of carbonyl (C=O) groups is 1. The molecule has 0 fully saturated rings. The highest BCUT2D eigenvalue weighted by Crippen LogP contribution is 2.20. The number of amides is 1. The number of aryl methyl sites for hydroxylation is 1. The number of rotatable bonds is 4. The molecule has 120 valence electrons. The lowest BCUT2D eigenvalue weighted by Crippen LogP contribution is -2.29. The number of hydrogen-bond donors (Lipinski definition) is 3. The van der Waals surface area contributed by atoms with Crippen molar-refractivity contribution in [2.75, 3.05) is 6.54 Å². The highest BCUT2D eigenvalue weighted by Gasteiger charge is 2.16. The van der Waals surface area contributed by atoms with Gasteiger partial charge in [0.2, 0.25) is 5.91 Å². The summed E-state index contributed by atoms with van der Waals surface area (Å²) in [5, 5.41) is 15.6. The summed E-state index contributed by atoms with van der Waals surface area (Å²) in [6, 6.07) is 6.71. The molecule has 1 aliphatic heterocycles. The van der Waals surface area contributed by atoms with E-state index in [1.807, 2.05) is 13.1 Å². The first-order chi connectivity index (χ1) is 11.1. The van der Waals surface area contributed by atoms with Crippen LogP contribution in [0, 0.1) is 6.92 Å². The number of nitrogens with zero attached hydrogens (tertiary/aromatic N) is 1. The minimum Gasteiger partial charge on any atom is -0.508 e. The molecule has 1 aliphatic rings. The molecule has 2 heterocycles. The lowest BCUT2D eigenvalue weighted by Gasteiger charge is -2.21. The first-order valence-electron chi connectivity index (χ1n) is 7.85. The SMILES string of the molecule is Cc1ncc2c(c1CNC(=O)Cc1ccc(O)cc1)CCNC2. The Balaban J connectivity index is 1.66. The van der Waals surface area contributed by atoms with E-state index in [9.17, 15) is 9.90 Å². The maximum absolute atomic E-state index is 12.1. The molecule has 0 saturated carbocycles. The van der Waals surface area contributed by atoms with Gasteiger partial charge in [0, 0.05) is 25.0 Å². The van der Waals surface area contributed by atoms with E-state index in [-0.39, 0.29) is 11.7 Å². The van der Waals surface area contributed by atoms with E-state index in [2.05, 4.69) is 15.6 Å². The molecule has 0 aliphatic carbocycles. The van der Waals surface area contributed by atoms with Crippen molar-refractivity contribution in [1.82, 2.24) is 15.6 Å². The maximum atomic E-state index is 12.1. The summed E-state index contributed by atoms with van der Waals surface area (Å²) in [4.78, 5) is 16.6. The van der Waals surface area contributed by atoms with Gasteiger partial charge in [-0.25, -0.2) is 0 Å². The summed E-state index contributed by atoms with van der Waals surface area (Å²) >= 11 is 0. The van der Waals surface area contributed by atoms with E-state index < -0.39 is 0 Å². The fourth-order valence-electron chi connectivity index (χ4n) is 2.93. The molecule has 3 rings (SSSR count). The van der Waals surface area contributed by atoms with Crippen molar-refractivity contribution in [2.24, 2.45) is 0 Å². The predicted octanol–water partition coefficient (Wildman–Crippen LogP) is 1.60. The second-order valence-corrected chi connectivity index (χ2v) is 5.87. The molecular weight excluding hydrogens is 290 g/mol. The second-order valence-electron chi connectivity index (χ2n) is 5.87. The Hall–Kier alpha value is -2.40. The third kappa shape index (κ3) is 3.68. The van der Waals surface area contributed by atoms with Crippen LogP contribution in [0.3, 0.4) is 0 Å². The maximum Gasteiger partial charge on any atom is 0.224 e. The molecule has 1 amide bonds. The lowest BCUT2D eigenvalue weighted by atomic mass is 9.96. The molecular formula is C18H21N3O2. The molecule has 0 spiro atoms. The summed E-state index contributed by atoms with van der Waals surface area (Å²) in [6.07, 6.45) is 3.21. The molecule has 0 saturated heterocycles. The van der Waals surface area contributed by atoms with Crippen LogP contribution in [-0.2, 0) is 30.7 Å². The summed E-state index contributed by atoms with van der Waals surface area (Å²) in [7, 11) is 0. The molecule has 1 aromatic carbocycles. The van der Waals surface area contributed by atoms with Crippen LogP contribution in [0.4, 0.5) is 0 Å². The van der Waals surface area contributed by atoms with Crippen molar-refractivity contribution < 1.29 is 9.90 Å². The van der Waals surface area contributed by atoms with Gasteiger partial charge in [-0.1, -0.05) is 12.1 Å². The number of aromatic nitrogens is 1. The zero-order valence-corrected chi connectivity index (χ0v) is 13.2. The van der Waals surface area contributed by atoms with Crippen molar-refractivity contribution >= 4 is 5.91 Å². The largest absolute Gasteiger partial charge is 0.508 e. The first kappa shape index (κ1) is 15.5. The minimum atomic E-state index is -0.0263. The van der Waals surface area contributed by atoms with Crippen molar-refractivity contribution in [1.29, 1.82) is 0 Å². The Bertz CT molecular complexity index is 711. The molecule has 23 heavy (non-hydrogen) atoms. The number of aromatic hydroxyl groups is 1. The van der Waals surface area contributed by atoms with Crippen LogP contribution in [0.25, 0.3) is 0 Å². The van der Waals surface area contributed by atoms with Crippen molar-refractivity contribution in [3.63, 3.8) is 0 Å². The van der Waals surface area contributed by atoms with Crippen LogP contribution >= 0.6 is 0 Å². The highest BCUT2D eigenvalue weighted by atomic mass is 16.3. The van der Waals surface area contributed by atoms with Crippen LogP contribution in [0.15, 0.2) is 30.5 Å². The number of nitrogens with one attached hydrogen (secondary N) is 2. The van der Waals surface area contributed by atoms with Crippen molar-refractivity contribution in [2.45, 2.75) is 32.9 Å². The highest BCUT2D eigenvalue weighted by molar-refractivity contribution is 5.78. The monoisotopic (exact) mass is 311 g/mol. The number of phenolic OH excluding ortho intramolecular Hbond substituents is 1. The summed E-state index contributed by atoms with van der Waals surface area (Å²) < 4.78 is 0. The number of hydrogen-bond acceptors (Lipinski definition) is 4. The zero-order valence-electron chi connectivity index (χ0n) is 13.2. The Morgan fingerprint density at radius 3 is 2.91 bits per heavy atom. The summed E-state index contributed by atoms with van der Waals surface area (Å²) in [5.41, 5.74) is 5.55. The van der Waals surface area contributed by atoms with Crippen molar-refractivity contribution in [3.05, 3.63) is 58.4 Å². The van der Waals surface area contributed by atoms with Crippen LogP contribution in [-0.4, -0.2) is 22.5 Å². The van der Waals surface area contributed by atoms with E-state index in [1.165, 1.54) is 11.1 Å². The third-order valence-corrected chi connectivity index (χ3v) is 4.23.